The Labute approximate surface area is 102 Å². The number of nitrogens with zero attached hydrogens (tertiary/aromatic N) is 2. The van der Waals surface area contributed by atoms with Crippen LogP contribution in [0.15, 0.2) is 46.6 Å². The van der Waals surface area contributed by atoms with E-state index in [9.17, 15) is 10.2 Å². The highest BCUT2D eigenvalue weighted by molar-refractivity contribution is 5.56. The van der Waals surface area contributed by atoms with Gasteiger partial charge >= 0.3 is 0 Å². The Morgan fingerprint density at radius 2 is 1.00 bits per heavy atom. The molecule has 2 aromatic carbocycles. The Morgan fingerprint density at radius 3 is 1.33 bits per heavy atom. The van der Waals surface area contributed by atoms with Crippen LogP contribution in [0.25, 0.3) is 0 Å². The van der Waals surface area contributed by atoms with Gasteiger partial charge in [0.2, 0.25) is 0 Å². The van der Waals surface area contributed by atoms with Crippen LogP contribution in [-0.4, -0.2) is 20.4 Å². The van der Waals surface area contributed by atoms with E-state index in [0.29, 0.717) is 0 Å². The van der Waals surface area contributed by atoms with Gasteiger partial charge in [0.1, 0.15) is 34.4 Å². The van der Waals surface area contributed by atoms with Gasteiger partial charge in [-0.3, -0.25) is 0 Å². The van der Waals surface area contributed by atoms with Gasteiger partial charge in [0.25, 0.3) is 0 Å². The summed E-state index contributed by atoms with van der Waals surface area (Å²) >= 11 is 0. The first-order valence-electron chi connectivity index (χ1n) is 5.02. The lowest BCUT2D eigenvalue weighted by Gasteiger charge is -2.00. The van der Waals surface area contributed by atoms with Gasteiger partial charge in [-0.25, -0.2) is 0 Å². The summed E-state index contributed by atoms with van der Waals surface area (Å²) in [5, 5.41) is 44.6. The van der Waals surface area contributed by atoms with Crippen molar-refractivity contribution in [3.05, 3.63) is 36.4 Å². The van der Waals surface area contributed by atoms with Crippen LogP contribution in [-0.2, 0) is 0 Å². The van der Waals surface area contributed by atoms with Crippen molar-refractivity contribution in [3.8, 4) is 23.0 Å². The number of aromatic hydroxyl groups is 4. The largest absolute Gasteiger partial charge is 0.508 e. The maximum atomic E-state index is 9.47. The zero-order chi connectivity index (χ0) is 13.1. The summed E-state index contributed by atoms with van der Waals surface area (Å²) in [7, 11) is 0. The summed E-state index contributed by atoms with van der Waals surface area (Å²) in [4.78, 5) is 0. The van der Waals surface area contributed by atoms with E-state index >= 15 is 0 Å². The van der Waals surface area contributed by atoms with E-state index in [1.165, 1.54) is 24.3 Å². The molecule has 0 saturated heterocycles. The lowest BCUT2D eigenvalue weighted by molar-refractivity contribution is 0.449. The number of phenols is 4. The lowest BCUT2D eigenvalue weighted by atomic mass is 10.3. The molecule has 0 amide bonds. The Morgan fingerprint density at radius 1 is 0.611 bits per heavy atom. The van der Waals surface area contributed by atoms with E-state index in [0.717, 1.165) is 12.1 Å². The first kappa shape index (κ1) is 11.7. The molecule has 0 atom stereocenters. The third-order valence-corrected chi connectivity index (χ3v) is 2.18. The van der Waals surface area contributed by atoms with Crippen LogP contribution >= 0.6 is 0 Å². The number of phenolic OH excluding ortho intramolecular Hbond substituents is 4. The van der Waals surface area contributed by atoms with Crippen LogP contribution < -0.4 is 0 Å². The normalized spacial score (nSPS) is 10.9. The predicted octanol–water partition coefficient (Wildman–Crippen LogP) is 2.92. The summed E-state index contributed by atoms with van der Waals surface area (Å²) < 4.78 is 0. The van der Waals surface area contributed by atoms with Crippen LogP contribution in [0, 0.1) is 0 Å². The van der Waals surface area contributed by atoms with Crippen LogP contribution in [0.4, 0.5) is 11.4 Å². The Hall–Kier alpha value is -2.76. The number of azo groups is 1. The van der Waals surface area contributed by atoms with Gasteiger partial charge in [0.15, 0.2) is 0 Å². The van der Waals surface area contributed by atoms with Crippen LogP contribution in [0.2, 0.25) is 0 Å². The van der Waals surface area contributed by atoms with Gasteiger partial charge in [-0.1, -0.05) is 0 Å². The van der Waals surface area contributed by atoms with E-state index in [-0.39, 0.29) is 34.4 Å². The number of hydrogen-bond acceptors (Lipinski definition) is 6. The Bertz CT molecular complexity index is 558. The zero-order valence-corrected chi connectivity index (χ0v) is 9.15. The molecule has 0 aliphatic heterocycles. The van der Waals surface area contributed by atoms with Crippen LogP contribution in [0.3, 0.4) is 0 Å². The Kier molecular flexibility index (Phi) is 3.01. The van der Waals surface area contributed by atoms with Crippen molar-refractivity contribution in [1.82, 2.24) is 0 Å². The average molecular weight is 246 g/mol. The number of benzene rings is 2. The van der Waals surface area contributed by atoms with Crippen molar-refractivity contribution in [1.29, 1.82) is 0 Å². The molecule has 0 fully saturated rings. The molecule has 0 aliphatic carbocycles. The monoisotopic (exact) mass is 246 g/mol. The molecule has 2 rings (SSSR count). The molecule has 2 aromatic rings. The zero-order valence-electron chi connectivity index (χ0n) is 9.15. The fourth-order valence-electron chi connectivity index (χ4n) is 1.30. The van der Waals surface area contributed by atoms with Gasteiger partial charge < -0.3 is 20.4 Å². The third kappa shape index (κ3) is 2.49. The average Bonchev–Trinajstić information content (AvgIpc) is 2.30. The van der Waals surface area contributed by atoms with E-state index in [4.69, 9.17) is 10.2 Å². The molecular formula is C12H10N2O4. The molecule has 18 heavy (non-hydrogen) atoms. The van der Waals surface area contributed by atoms with Crippen LogP contribution in [0.5, 0.6) is 23.0 Å². The quantitative estimate of drug-likeness (QED) is 0.611. The minimum absolute atomic E-state index is 0.0843. The van der Waals surface area contributed by atoms with Crippen molar-refractivity contribution >= 4 is 11.4 Å². The highest BCUT2D eigenvalue weighted by Crippen LogP contribution is 2.34. The maximum absolute atomic E-state index is 9.47. The molecule has 0 aromatic heterocycles. The highest BCUT2D eigenvalue weighted by Gasteiger charge is 2.03. The van der Waals surface area contributed by atoms with Gasteiger partial charge in [-0.05, 0) is 24.3 Å². The molecule has 6 nitrogen and oxygen atoms in total. The molecule has 0 saturated carbocycles. The van der Waals surface area contributed by atoms with Crippen molar-refractivity contribution in [2.24, 2.45) is 10.2 Å². The van der Waals surface area contributed by atoms with Gasteiger partial charge in [-0.15, -0.1) is 10.2 Å². The second-order valence-electron chi connectivity index (χ2n) is 3.55. The molecule has 0 heterocycles. The van der Waals surface area contributed by atoms with E-state index in [2.05, 4.69) is 10.2 Å². The summed E-state index contributed by atoms with van der Waals surface area (Å²) in [5.74, 6) is -0.619. The molecule has 6 heteroatoms. The summed E-state index contributed by atoms with van der Waals surface area (Å²) in [5.41, 5.74) is 0.306. The Balaban J connectivity index is 2.30. The van der Waals surface area contributed by atoms with Crippen molar-refractivity contribution in [2.75, 3.05) is 0 Å². The maximum Gasteiger partial charge on any atom is 0.146 e. The minimum atomic E-state index is -0.225. The highest BCUT2D eigenvalue weighted by atomic mass is 16.3. The standard InChI is InChI=1S/C12H10N2O4/c15-7-1-3-9(11(17)5-7)13-14-10-4-2-8(16)6-12(10)18/h1-6,15-18H. The van der Waals surface area contributed by atoms with Crippen LogP contribution in [0.1, 0.15) is 0 Å². The van der Waals surface area contributed by atoms with Crippen molar-refractivity contribution in [3.63, 3.8) is 0 Å². The molecule has 0 aliphatic rings. The summed E-state index contributed by atoms with van der Waals surface area (Å²) in [6, 6.07) is 7.73. The molecule has 0 spiro atoms. The third-order valence-electron chi connectivity index (χ3n) is 2.18. The smallest absolute Gasteiger partial charge is 0.146 e. The van der Waals surface area contributed by atoms with Gasteiger partial charge in [0, 0.05) is 12.1 Å². The van der Waals surface area contributed by atoms with Crippen molar-refractivity contribution in [2.45, 2.75) is 0 Å². The lowest BCUT2D eigenvalue weighted by Crippen LogP contribution is -1.70. The first-order chi connectivity index (χ1) is 8.56. The molecule has 0 unspecified atom stereocenters. The molecule has 0 radical (unpaired) electrons. The minimum Gasteiger partial charge on any atom is -0.508 e. The predicted molar refractivity (Wildman–Crippen MR) is 63.7 cm³/mol. The molecule has 4 N–H and O–H groups in total. The molecule has 0 bridgehead atoms. The molecular weight excluding hydrogens is 236 g/mol. The second kappa shape index (κ2) is 4.62. The second-order valence-corrected chi connectivity index (χ2v) is 3.55. The van der Waals surface area contributed by atoms with E-state index in [1.54, 1.807) is 0 Å². The fourth-order valence-corrected chi connectivity index (χ4v) is 1.30. The molecule has 92 valence electrons. The SMILES string of the molecule is Oc1ccc(N=Nc2ccc(O)cc2O)c(O)c1. The van der Waals surface area contributed by atoms with Gasteiger partial charge in [0.05, 0.1) is 0 Å². The summed E-state index contributed by atoms with van der Waals surface area (Å²) in [6.45, 7) is 0. The first-order valence-corrected chi connectivity index (χ1v) is 5.02. The van der Waals surface area contributed by atoms with Gasteiger partial charge in [-0.2, -0.15) is 0 Å². The van der Waals surface area contributed by atoms with E-state index < -0.39 is 0 Å². The number of rotatable bonds is 2. The number of hydrogen-bond donors (Lipinski definition) is 4. The van der Waals surface area contributed by atoms with Crippen molar-refractivity contribution < 1.29 is 20.4 Å². The van der Waals surface area contributed by atoms with E-state index in [1.807, 2.05) is 0 Å². The fraction of sp³-hybridized carbons (Fsp3) is 0. The topological polar surface area (TPSA) is 106 Å². The summed E-state index contributed by atoms with van der Waals surface area (Å²) in [6.07, 6.45) is 0.